The molecule has 4 aliphatic rings. The second kappa shape index (κ2) is 9.35. The number of piperidine rings is 1. The summed E-state index contributed by atoms with van der Waals surface area (Å²) in [5.74, 6) is 2.53. The minimum Gasteiger partial charge on any atom is -0.313 e. The molecule has 188 valence electrons. The molecule has 2 nitrogen and oxygen atoms in total. The van der Waals surface area contributed by atoms with Crippen molar-refractivity contribution in [3.05, 3.63) is 69.7 Å². The normalized spacial score (nSPS) is 38.6. The van der Waals surface area contributed by atoms with Crippen molar-refractivity contribution >= 4 is 23.2 Å². The smallest absolute Gasteiger partial charge is 0.0579 e. The second-order valence-corrected chi connectivity index (χ2v) is 13.3. The number of nitrogens with one attached hydrogen (secondary N) is 2. The summed E-state index contributed by atoms with van der Waals surface area (Å²) in [5.41, 5.74) is 3.39. The fourth-order valence-corrected chi connectivity index (χ4v) is 9.23. The first-order valence-corrected chi connectivity index (χ1v) is 14.6. The molecular weight excluding hydrogens is 471 g/mol. The Morgan fingerprint density at radius 3 is 2.06 bits per heavy atom. The van der Waals surface area contributed by atoms with Crippen LogP contribution >= 0.6 is 23.2 Å². The first kappa shape index (κ1) is 24.3. The highest BCUT2D eigenvalue weighted by Gasteiger charge is 2.59. The molecule has 5 unspecified atom stereocenters. The number of hydrogen-bond donors (Lipinski definition) is 2. The summed E-state index contributed by atoms with van der Waals surface area (Å²) in [6.45, 7) is 6.47. The van der Waals surface area contributed by atoms with Crippen molar-refractivity contribution in [3.8, 4) is 0 Å². The van der Waals surface area contributed by atoms with Crippen molar-refractivity contribution in [1.82, 2.24) is 10.6 Å². The Bertz CT molecular complexity index is 991. The molecule has 3 aliphatic carbocycles. The van der Waals surface area contributed by atoms with Crippen LogP contribution in [0.25, 0.3) is 0 Å². The van der Waals surface area contributed by atoms with Gasteiger partial charge in [0.15, 0.2) is 0 Å². The van der Waals surface area contributed by atoms with Gasteiger partial charge in [-0.3, -0.25) is 0 Å². The SMILES string of the molecule is C[C@]12CCCCC1NCC1C2CC[C@]2(C)C(NC(c3ccc(Cl)cc3)c3ccc(Cl)cc3)CCC12. The van der Waals surface area contributed by atoms with E-state index in [1.165, 1.54) is 69.0 Å². The number of fused-ring (bicyclic) bond motifs is 5. The van der Waals surface area contributed by atoms with Crippen LogP contribution in [0.5, 0.6) is 0 Å². The van der Waals surface area contributed by atoms with E-state index < -0.39 is 0 Å². The maximum absolute atomic E-state index is 6.25. The summed E-state index contributed by atoms with van der Waals surface area (Å²) >= 11 is 12.5. The molecule has 2 aromatic carbocycles. The molecule has 0 bridgehead atoms. The zero-order valence-corrected chi connectivity index (χ0v) is 22.7. The van der Waals surface area contributed by atoms with Gasteiger partial charge in [-0.25, -0.2) is 0 Å². The lowest BCUT2D eigenvalue weighted by Crippen LogP contribution is -2.63. The van der Waals surface area contributed by atoms with Crippen molar-refractivity contribution in [2.45, 2.75) is 83.3 Å². The first-order chi connectivity index (χ1) is 16.9. The summed E-state index contributed by atoms with van der Waals surface area (Å²) in [6, 6.07) is 18.2. The van der Waals surface area contributed by atoms with Crippen molar-refractivity contribution < 1.29 is 0 Å². The predicted molar refractivity (Wildman–Crippen MR) is 147 cm³/mol. The van der Waals surface area contributed by atoms with Crippen LogP contribution in [0.15, 0.2) is 48.5 Å². The minimum absolute atomic E-state index is 0.146. The maximum atomic E-state index is 6.25. The van der Waals surface area contributed by atoms with Gasteiger partial charge >= 0.3 is 0 Å². The van der Waals surface area contributed by atoms with Crippen LogP contribution in [0.1, 0.15) is 82.4 Å². The molecule has 0 spiro atoms. The average molecular weight is 512 g/mol. The van der Waals surface area contributed by atoms with Crippen LogP contribution in [0.3, 0.4) is 0 Å². The van der Waals surface area contributed by atoms with Gasteiger partial charge in [0.2, 0.25) is 0 Å². The lowest BCUT2D eigenvalue weighted by atomic mass is 9.49. The van der Waals surface area contributed by atoms with Gasteiger partial charge in [0.05, 0.1) is 6.04 Å². The van der Waals surface area contributed by atoms with Gasteiger partial charge in [-0.2, -0.15) is 0 Å². The number of benzene rings is 2. The van der Waals surface area contributed by atoms with Crippen molar-refractivity contribution in [1.29, 1.82) is 0 Å². The van der Waals surface area contributed by atoms with E-state index in [0.29, 0.717) is 16.9 Å². The maximum Gasteiger partial charge on any atom is 0.0579 e. The summed E-state index contributed by atoms with van der Waals surface area (Å²) in [5, 5.41) is 9.82. The first-order valence-electron chi connectivity index (χ1n) is 13.9. The van der Waals surface area contributed by atoms with Gasteiger partial charge in [0.25, 0.3) is 0 Å². The molecule has 2 N–H and O–H groups in total. The van der Waals surface area contributed by atoms with E-state index in [2.05, 4.69) is 48.7 Å². The summed E-state index contributed by atoms with van der Waals surface area (Å²) < 4.78 is 0. The summed E-state index contributed by atoms with van der Waals surface area (Å²) in [6.07, 6.45) is 11.0. The second-order valence-electron chi connectivity index (χ2n) is 12.5. The minimum atomic E-state index is 0.146. The molecule has 0 aromatic heterocycles. The van der Waals surface area contributed by atoms with Crippen molar-refractivity contribution in [2.75, 3.05) is 6.54 Å². The van der Waals surface area contributed by atoms with E-state index in [9.17, 15) is 0 Å². The van der Waals surface area contributed by atoms with Crippen LogP contribution in [0.4, 0.5) is 0 Å². The van der Waals surface area contributed by atoms with Crippen LogP contribution < -0.4 is 10.6 Å². The molecule has 4 heteroatoms. The highest BCUT2D eigenvalue weighted by molar-refractivity contribution is 6.30. The molecular formula is C31H40Cl2N2. The van der Waals surface area contributed by atoms with E-state index in [1.807, 2.05) is 24.3 Å². The zero-order valence-electron chi connectivity index (χ0n) is 21.2. The Morgan fingerprint density at radius 1 is 0.771 bits per heavy atom. The third-order valence-corrected chi connectivity index (χ3v) is 11.4. The molecule has 4 fully saturated rings. The zero-order chi connectivity index (χ0) is 24.2. The van der Waals surface area contributed by atoms with E-state index >= 15 is 0 Å². The van der Waals surface area contributed by atoms with E-state index in [0.717, 1.165) is 33.8 Å². The molecule has 1 saturated heterocycles. The number of halogens is 2. The quantitative estimate of drug-likeness (QED) is 0.434. The lowest BCUT2D eigenvalue weighted by molar-refractivity contribution is -0.0868. The van der Waals surface area contributed by atoms with Crippen LogP contribution in [-0.4, -0.2) is 18.6 Å². The molecule has 35 heavy (non-hydrogen) atoms. The largest absolute Gasteiger partial charge is 0.313 e. The average Bonchev–Trinajstić information content (AvgIpc) is 3.19. The Morgan fingerprint density at radius 2 is 1.40 bits per heavy atom. The van der Waals surface area contributed by atoms with Gasteiger partial charge in [-0.1, -0.05) is 74.2 Å². The highest BCUT2D eigenvalue weighted by Crippen LogP contribution is 2.62. The van der Waals surface area contributed by atoms with E-state index in [-0.39, 0.29) is 6.04 Å². The highest BCUT2D eigenvalue weighted by atomic mass is 35.5. The number of rotatable bonds is 4. The van der Waals surface area contributed by atoms with Crippen LogP contribution in [0, 0.1) is 28.6 Å². The molecule has 1 aliphatic heterocycles. The molecule has 1 heterocycles. The van der Waals surface area contributed by atoms with Gasteiger partial charge in [-0.05, 0) is 109 Å². The van der Waals surface area contributed by atoms with Gasteiger partial charge in [0, 0.05) is 22.1 Å². The molecule has 2 aromatic rings. The molecule has 3 saturated carbocycles. The third-order valence-electron chi connectivity index (χ3n) is 10.9. The number of hydrogen-bond acceptors (Lipinski definition) is 2. The standard InChI is InChI=1S/C31H40Cl2N2/c1-30-17-4-3-5-27(30)34-19-24-25-14-15-28(31(25,2)18-16-26(24)30)35-29(20-6-10-22(32)11-7-20)21-8-12-23(33)13-9-21/h6-13,24-29,34-35H,3-5,14-19H2,1-2H3/t24?,25?,26?,27?,28?,30-,31+/m1/s1. The third kappa shape index (κ3) is 4.17. The Hall–Kier alpha value is -1.06. The topological polar surface area (TPSA) is 24.1 Å². The van der Waals surface area contributed by atoms with E-state index in [1.54, 1.807) is 0 Å². The van der Waals surface area contributed by atoms with E-state index in [4.69, 9.17) is 23.2 Å². The Balaban J connectivity index is 1.27. The Kier molecular flexibility index (Phi) is 6.49. The van der Waals surface area contributed by atoms with Crippen molar-refractivity contribution in [2.24, 2.45) is 28.6 Å². The van der Waals surface area contributed by atoms with Gasteiger partial charge in [0.1, 0.15) is 0 Å². The molecule has 7 atom stereocenters. The fourth-order valence-electron chi connectivity index (χ4n) is 8.98. The monoisotopic (exact) mass is 510 g/mol. The van der Waals surface area contributed by atoms with Crippen molar-refractivity contribution in [3.63, 3.8) is 0 Å². The summed E-state index contributed by atoms with van der Waals surface area (Å²) in [7, 11) is 0. The molecule has 0 amide bonds. The van der Waals surface area contributed by atoms with Gasteiger partial charge in [-0.15, -0.1) is 0 Å². The van der Waals surface area contributed by atoms with Crippen LogP contribution in [0.2, 0.25) is 10.0 Å². The van der Waals surface area contributed by atoms with Gasteiger partial charge < -0.3 is 10.6 Å². The molecule has 0 radical (unpaired) electrons. The predicted octanol–water partition coefficient (Wildman–Crippen LogP) is 8.04. The lowest BCUT2D eigenvalue weighted by Gasteiger charge is -2.60. The van der Waals surface area contributed by atoms with Crippen LogP contribution in [-0.2, 0) is 0 Å². The Labute approximate surface area is 221 Å². The summed E-state index contributed by atoms with van der Waals surface area (Å²) in [4.78, 5) is 0. The fraction of sp³-hybridized carbons (Fsp3) is 0.613. The molecule has 6 rings (SSSR count).